The Morgan fingerprint density at radius 2 is 2.33 bits per heavy atom. The predicted molar refractivity (Wildman–Crippen MR) is 74.0 cm³/mol. The lowest BCUT2D eigenvalue weighted by Crippen LogP contribution is -2.37. The van der Waals surface area contributed by atoms with Gasteiger partial charge < -0.3 is 10.3 Å². The molecule has 1 atom stereocenters. The Balaban J connectivity index is 1.94. The van der Waals surface area contributed by atoms with Crippen LogP contribution in [0.15, 0.2) is 18.3 Å². The van der Waals surface area contributed by atoms with Gasteiger partial charge >= 0.3 is 0 Å². The fourth-order valence-electron chi connectivity index (χ4n) is 2.57. The Kier molecular flexibility index (Phi) is 4.52. The third-order valence-electron chi connectivity index (χ3n) is 3.43. The summed E-state index contributed by atoms with van der Waals surface area (Å²) in [6.07, 6.45) is 4.50. The van der Waals surface area contributed by atoms with E-state index in [4.69, 9.17) is 5.84 Å². The molecule has 1 unspecified atom stereocenters. The number of nitrogens with two attached hydrogens (primary N) is 1. The van der Waals surface area contributed by atoms with Crippen LogP contribution in [0.4, 0.5) is 5.82 Å². The van der Waals surface area contributed by atoms with Gasteiger partial charge in [-0.25, -0.2) is 10.8 Å². The highest BCUT2D eigenvalue weighted by Gasteiger charge is 2.24. The number of hydrazine groups is 1. The van der Waals surface area contributed by atoms with Crippen molar-refractivity contribution in [2.45, 2.75) is 25.4 Å². The Hall–Kier alpha value is -1.17. The average molecular weight is 249 g/mol. The Labute approximate surface area is 109 Å². The molecule has 0 spiro atoms. The Bertz CT molecular complexity index is 362. The van der Waals surface area contributed by atoms with E-state index in [1.807, 2.05) is 12.3 Å². The zero-order valence-electron chi connectivity index (χ0n) is 11.3. The normalized spacial score (nSPS) is 20.6. The quantitative estimate of drug-likeness (QED) is 0.599. The van der Waals surface area contributed by atoms with Crippen LogP contribution in [0.25, 0.3) is 0 Å². The molecule has 5 heteroatoms. The lowest BCUT2D eigenvalue weighted by molar-refractivity contribution is 0.201. The number of pyridine rings is 1. The molecular weight excluding hydrogens is 226 g/mol. The molecule has 0 radical (unpaired) electrons. The van der Waals surface area contributed by atoms with Crippen molar-refractivity contribution in [3.8, 4) is 0 Å². The summed E-state index contributed by atoms with van der Waals surface area (Å²) < 4.78 is 0. The maximum Gasteiger partial charge on any atom is 0.139 e. The molecule has 0 saturated carbocycles. The van der Waals surface area contributed by atoms with E-state index in [1.165, 1.54) is 24.9 Å². The number of nitrogens with zero attached hydrogens (tertiary/aromatic N) is 3. The van der Waals surface area contributed by atoms with Crippen LogP contribution in [0, 0.1) is 0 Å². The topological polar surface area (TPSA) is 57.4 Å². The largest absolute Gasteiger partial charge is 0.308 e. The Morgan fingerprint density at radius 1 is 1.50 bits per heavy atom. The minimum absolute atomic E-state index is 0.673. The van der Waals surface area contributed by atoms with Gasteiger partial charge in [-0.3, -0.25) is 4.90 Å². The minimum atomic E-state index is 0.673. The second-order valence-electron chi connectivity index (χ2n) is 5.22. The van der Waals surface area contributed by atoms with Crippen LogP contribution < -0.4 is 11.3 Å². The SMILES string of the molecule is CN(C)CC1CCCN1Cc1ccc(NN)nc1. The van der Waals surface area contributed by atoms with Crippen LogP contribution in [0.5, 0.6) is 0 Å². The van der Waals surface area contributed by atoms with Gasteiger partial charge in [-0.15, -0.1) is 0 Å². The van der Waals surface area contributed by atoms with E-state index in [2.05, 4.69) is 40.4 Å². The highest BCUT2D eigenvalue weighted by Crippen LogP contribution is 2.20. The number of hydrogen-bond donors (Lipinski definition) is 2. The molecule has 3 N–H and O–H groups in total. The monoisotopic (exact) mass is 249 g/mol. The summed E-state index contributed by atoms with van der Waals surface area (Å²) in [4.78, 5) is 9.07. The molecule has 1 aliphatic rings. The van der Waals surface area contributed by atoms with Gasteiger partial charge in [-0.1, -0.05) is 6.07 Å². The maximum absolute atomic E-state index is 5.31. The van der Waals surface area contributed by atoms with Gasteiger partial charge in [0.2, 0.25) is 0 Å². The number of hydrogen-bond acceptors (Lipinski definition) is 5. The number of anilines is 1. The van der Waals surface area contributed by atoms with Crippen LogP contribution in [-0.2, 0) is 6.54 Å². The number of rotatable bonds is 5. The molecule has 0 amide bonds. The van der Waals surface area contributed by atoms with Crippen LogP contribution >= 0.6 is 0 Å². The van der Waals surface area contributed by atoms with Gasteiger partial charge in [0.15, 0.2) is 0 Å². The molecule has 0 bridgehead atoms. The molecule has 1 saturated heterocycles. The number of aromatic nitrogens is 1. The molecule has 2 heterocycles. The predicted octanol–water partition coefficient (Wildman–Crippen LogP) is 0.893. The number of nitrogens with one attached hydrogen (secondary N) is 1. The van der Waals surface area contributed by atoms with Crippen molar-refractivity contribution in [3.63, 3.8) is 0 Å². The number of nitrogen functional groups attached to an aromatic ring is 1. The first kappa shape index (κ1) is 13.3. The molecule has 1 aromatic heterocycles. The highest BCUT2D eigenvalue weighted by molar-refractivity contribution is 5.33. The van der Waals surface area contributed by atoms with Crippen molar-refractivity contribution in [3.05, 3.63) is 23.9 Å². The number of likely N-dealkylation sites (N-methyl/N-ethyl adjacent to an activating group) is 1. The summed E-state index contributed by atoms with van der Waals surface area (Å²) in [6.45, 7) is 3.31. The maximum atomic E-state index is 5.31. The minimum Gasteiger partial charge on any atom is -0.308 e. The molecule has 0 aromatic carbocycles. The van der Waals surface area contributed by atoms with E-state index in [0.29, 0.717) is 11.9 Å². The second-order valence-corrected chi connectivity index (χ2v) is 5.22. The number of likely N-dealkylation sites (tertiary alicyclic amines) is 1. The van der Waals surface area contributed by atoms with E-state index < -0.39 is 0 Å². The summed E-state index contributed by atoms with van der Waals surface area (Å²) in [7, 11) is 4.28. The van der Waals surface area contributed by atoms with Crippen LogP contribution in [0.1, 0.15) is 18.4 Å². The molecule has 0 aliphatic carbocycles. The first-order valence-electron chi connectivity index (χ1n) is 6.49. The molecule has 5 nitrogen and oxygen atoms in total. The van der Waals surface area contributed by atoms with E-state index in [9.17, 15) is 0 Å². The van der Waals surface area contributed by atoms with Gasteiger partial charge in [0.1, 0.15) is 5.82 Å². The van der Waals surface area contributed by atoms with Crippen LogP contribution in [-0.4, -0.2) is 48.0 Å². The molecular formula is C13H23N5. The van der Waals surface area contributed by atoms with Gasteiger partial charge in [0.05, 0.1) is 0 Å². The lowest BCUT2D eigenvalue weighted by atomic mass is 10.2. The highest BCUT2D eigenvalue weighted by atomic mass is 15.2. The summed E-state index contributed by atoms with van der Waals surface area (Å²) in [5.41, 5.74) is 3.80. The smallest absolute Gasteiger partial charge is 0.139 e. The summed E-state index contributed by atoms with van der Waals surface area (Å²) in [5.74, 6) is 6.02. The molecule has 18 heavy (non-hydrogen) atoms. The van der Waals surface area contributed by atoms with E-state index in [-0.39, 0.29) is 0 Å². The summed E-state index contributed by atoms with van der Waals surface area (Å²) in [5, 5.41) is 0. The van der Waals surface area contributed by atoms with Crippen molar-refractivity contribution in [2.24, 2.45) is 5.84 Å². The molecule has 2 rings (SSSR count). The fraction of sp³-hybridized carbons (Fsp3) is 0.615. The van der Waals surface area contributed by atoms with Crippen LogP contribution in [0.2, 0.25) is 0 Å². The van der Waals surface area contributed by atoms with Crippen molar-refractivity contribution < 1.29 is 0 Å². The molecule has 1 fully saturated rings. The van der Waals surface area contributed by atoms with Crippen molar-refractivity contribution >= 4 is 5.82 Å². The zero-order chi connectivity index (χ0) is 13.0. The third-order valence-corrected chi connectivity index (χ3v) is 3.43. The standard InChI is InChI=1S/C13H23N5/c1-17(2)10-12-4-3-7-18(12)9-11-5-6-13(16-14)15-8-11/h5-6,8,12H,3-4,7,9-10,14H2,1-2H3,(H,15,16). The van der Waals surface area contributed by atoms with Crippen molar-refractivity contribution in [1.29, 1.82) is 0 Å². The average Bonchev–Trinajstić information content (AvgIpc) is 2.77. The lowest BCUT2D eigenvalue weighted by Gasteiger charge is -2.26. The van der Waals surface area contributed by atoms with Crippen LogP contribution in [0.3, 0.4) is 0 Å². The summed E-state index contributed by atoms with van der Waals surface area (Å²) >= 11 is 0. The second kappa shape index (κ2) is 6.13. The van der Waals surface area contributed by atoms with Gasteiger partial charge in [-0.2, -0.15) is 0 Å². The zero-order valence-corrected chi connectivity index (χ0v) is 11.3. The fourth-order valence-corrected chi connectivity index (χ4v) is 2.57. The van der Waals surface area contributed by atoms with Gasteiger partial charge in [0, 0.05) is 25.3 Å². The summed E-state index contributed by atoms with van der Waals surface area (Å²) in [6, 6.07) is 4.69. The Morgan fingerprint density at radius 3 is 2.94 bits per heavy atom. The van der Waals surface area contributed by atoms with Crippen molar-refractivity contribution in [2.75, 3.05) is 32.6 Å². The first-order valence-corrected chi connectivity index (χ1v) is 6.49. The van der Waals surface area contributed by atoms with Gasteiger partial charge in [0.25, 0.3) is 0 Å². The molecule has 100 valence electrons. The third kappa shape index (κ3) is 3.41. The van der Waals surface area contributed by atoms with E-state index in [1.54, 1.807) is 0 Å². The van der Waals surface area contributed by atoms with E-state index in [0.717, 1.165) is 13.1 Å². The van der Waals surface area contributed by atoms with Gasteiger partial charge in [-0.05, 0) is 45.1 Å². The van der Waals surface area contributed by atoms with Crippen molar-refractivity contribution in [1.82, 2.24) is 14.8 Å². The molecule has 1 aliphatic heterocycles. The molecule has 1 aromatic rings. The van der Waals surface area contributed by atoms with E-state index >= 15 is 0 Å². The first-order chi connectivity index (χ1) is 8.69.